The Labute approximate surface area is 233 Å². The van der Waals surface area contributed by atoms with Crippen LogP contribution in [0, 0.1) is 0 Å². The molecule has 8 nitrogen and oxygen atoms in total. The highest BCUT2D eigenvalue weighted by Crippen LogP contribution is 2.40. The summed E-state index contributed by atoms with van der Waals surface area (Å²) in [6.45, 7) is 2.96. The van der Waals surface area contributed by atoms with Crippen molar-refractivity contribution in [2.24, 2.45) is 0 Å². The number of nitrogens with one attached hydrogen (secondary N) is 2. The molecule has 2 aromatic heterocycles. The van der Waals surface area contributed by atoms with Gasteiger partial charge in [-0.2, -0.15) is 0 Å². The van der Waals surface area contributed by atoms with Crippen LogP contribution < -0.4 is 20.1 Å². The van der Waals surface area contributed by atoms with Gasteiger partial charge in [0, 0.05) is 24.7 Å². The monoisotopic (exact) mass is 542 g/mol. The summed E-state index contributed by atoms with van der Waals surface area (Å²) in [5, 5.41) is 6.88. The highest BCUT2D eigenvalue weighted by atomic mass is 32.1. The zero-order chi connectivity index (χ0) is 27.2. The van der Waals surface area contributed by atoms with Crippen molar-refractivity contribution in [3.63, 3.8) is 0 Å². The summed E-state index contributed by atoms with van der Waals surface area (Å²) >= 11 is 5.74. The summed E-state index contributed by atoms with van der Waals surface area (Å²) in [6.07, 6.45) is 1.98. The number of carbonyl (C=O) groups excluding carboxylic acids is 1. The van der Waals surface area contributed by atoms with E-state index >= 15 is 0 Å². The molecule has 1 aliphatic heterocycles. The van der Waals surface area contributed by atoms with Gasteiger partial charge in [0.2, 0.25) is 5.91 Å². The first-order chi connectivity index (χ1) is 19.1. The van der Waals surface area contributed by atoms with E-state index in [1.165, 1.54) is 0 Å². The van der Waals surface area contributed by atoms with E-state index < -0.39 is 0 Å². The third-order valence-corrected chi connectivity index (χ3v) is 6.88. The third kappa shape index (κ3) is 5.88. The first-order valence-corrected chi connectivity index (χ1v) is 13.2. The number of benzene rings is 2. The van der Waals surface area contributed by atoms with Crippen LogP contribution in [0.2, 0.25) is 0 Å². The Bertz CT molecular complexity index is 1420. The van der Waals surface area contributed by atoms with Crippen LogP contribution in [0.25, 0.3) is 11.3 Å². The number of thiocarbonyl (C=S) groups is 1. The van der Waals surface area contributed by atoms with Gasteiger partial charge in [0.05, 0.1) is 31.1 Å². The number of furan rings is 1. The van der Waals surface area contributed by atoms with E-state index in [4.69, 9.17) is 26.1 Å². The van der Waals surface area contributed by atoms with Gasteiger partial charge in [-0.25, -0.2) is 0 Å². The lowest BCUT2D eigenvalue weighted by atomic mass is 10.0. The maximum Gasteiger partial charge on any atom is 0.226 e. The third-order valence-electron chi connectivity index (χ3n) is 6.53. The van der Waals surface area contributed by atoms with Crippen LogP contribution in [0.5, 0.6) is 11.5 Å². The van der Waals surface area contributed by atoms with E-state index in [0.717, 1.165) is 28.5 Å². The van der Waals surface area contributed by atoms with Crippen molar-refractivity contribution in [1.29, 1.82) is 0 Å². The Kier molecular flexibility index (Phi) is 8.07. The quantitative estimate of drug-likeness (QED) is 0.245. The number of rotatable bonds is 10. The van der Waals surface area contributed by atoms with Gasteiger partial charge < -0.3 is 29.4 Å². The minimum absolute atomic E-state index is 0.142. The van der Waals surface area contributed by atoms with Gasteiger partial charge in [-0.05, 0) is 79.8 Å². The van der Waals surface area contributed by atoms with Crippen LogP contribution in [-0.4, -0.2) is 41.2 Å². The second-order valence-corrected chi connectivity index (χ2v) is 9.36. The molecule has 3 heterocycles. The normalized spacial score (nSPS) is 16.6. The fourth-order valence-electron chi connectivity index (χ4n) is 4.69. The maximum absolute atomic E-state index is 12.9. The number of ether oxygens (including phenoxy) is 2. The first-order valence-electron chi connectivity index (χ1n) is 12.8. The predicted octanol–water partition coefficient (Wildman–Crippen LogP) is 5.75. The summed E-state index contributed by atoms with van der Waals surface area (Å²) in [5.74, 6) is 2.74. The Hall–Kier alpha value is -4.37. The van der Waals surface area contributed by atoms with Crippen LogP contribution >= 0.6 is 12.2 Å². The molecule has 2 N–H and O–H groups in total. The van der Waals surface area contributed by atoms with Gasteiger partial charge in [-0.15, -0.1) is 0 Å². The number of methoxy groups -OCH3 is 1. The topological polar surface area (TPSA) is 88.9 Å². The molecule has 0 spiro atoms. The molecule has 0 radical (unpaired) electrons. The smallest absolute Gasteiger partial charge is 0.226 e. The summed E-state index contributed by atoms with van der Waals surface area (Å²) in [7, 11) is 1.58. The van der Waals surface area contributed by atoms with Gasteiger partial charge >= 0.3 is 0 Å². The summed E-state index contributed by atoms with van der Waals surface area (Å²) in [4.78, 5) is 19.5. The van der Waals surface area contributed by atoms with Gasteiger partial charge in [0.1, 0.15) is 29.1 Å². The second-order valence-electron chi connectivity index (χ2n) is 8.98. The molecule has 5 rings (SSSR count). The highest BCUT2D eigenvalue weighted by molar-refractivity contribution is 7.80. The number of pyridine rings is 1. The van der Waals surface area contributed by atoms with Crippen LogP contribution in [0.15, 0.2) is 89.5 Å². The van der Waals surface area contributed by atoms with E-state index in [1.54, 1.807) is 13.3 Å². The molecule has 2 aromatic carbocycles. The molecular weight excluding hydrogens is 512 g/mol. The zero-order valence-electron chi connectivity index (χ0n) is 21.8. The average Bonchev–Trinajstić information content (AvgIpc) is 3.58. The van der Waals surface area contributed by atoms with Crippen LogP contribution in [0.3, 0.4) is 0 Å². The van der Waals surface area contributed by atoms with Crippen LogP contribution in [0.4, 0.5) is 5.69 Å². The van der Waals surface area contributed by atoms with Crippen molar-refractivity contribution in [1.82, 2.24) is 15.2 Å². The van der Waals surface area contributed by atoms with Crippen LogP contribution in [-0.2, 0) is 4.79 Å². The molecule has 0 saturated carbocycles. The molecule has 200 valence electrons. The van der Waals surface area contributed by atoms with Gasteiger partial charge in [0.25, 0.3) is 0 Å². The number of hydrogen-bond donors (Lipinski definition) is 2. The fraction of sp³-hybridized carbons (Fsp3) is 0.233. The molecule has 0 unspecified atom stereocenters. The van der Waals surface area contributed by atoms with Gasteiger partial charge in [-0.1, -0.05) is 18.2 Å². The maximum atomic E-state index is 12.9. The fourth-order valence-corrected chi connectivity index (χ4v) is 5.02. The molecule has 4 aromatic rings. The minimum atomic E-state index is -0.289. The Morgan fingerprint density at radius 3 is 2.62 bits per heavy atom. The van der Waals surface area contributed by atoms with Crippen molar-refractivity contribution >= 4 is 28.9 Å². The molecule has 1 fully saturated rings. The Balaban J connectivity index is 1.38. The van der Waals surface area contributed by atoms with Crippen molar-refractivity contribution in [2.45, 2.75) is 25.4 Å². The SMILES string of the molecule is CCOc1ccc(-c2ccc([C@H]3[C@H](c4ccccn4)NC(=S)N3CCC(=O)Nc3ccccc3OC)o2)cc1. The first kappa shape index (κ1) is 26.2. The van der Waals surface area contributed by atoms with Crippen molar-refractivity contribution in [3.8, 4) is 22.8 Å². The van der Waals surface area contributed by atoms with E-state index in [2.05, 4.69) is 15.6 Å². The summed E-state index contributed by atoms with van der Waals surface area (Å²) < 4.78 is 17.3. The lowest BCUT2D eigenvalue weighted by Crippen LogP contribution is -2.32. The predicted molar refractivity (Wildman–Crippen MR) is 154 cm³/mol. The number of nitrogens with zero attached hydrogens (tertiary/aromatic N) is 2. The van der Waals surface area contributed by atoms with E-state index in [1.807, 2.05) is 90.7 Å². The van der Waals surface area contributed by atoms with E-state index in [-0.39, 0.29) is 24.4 Å². The van der Waals surface area contributed by atoms with Crippen molar-refractivity contribution in [3.05, 3.63) is 96.5 Å². The standard InChI is InChI=1S/C30H30N4O4S/c1-3-37-21-13-11-20(12-14-21)24-15-16-26(38-24)29-28(23-9-6-7-18-31-23)33-30(39)34(29)19-17-27(35)32-22-8-4-5-10-25(22)36-2/h4-16,18,28-29H,3,17,19H2,1-2H3,(H,32,35)(H,33,39)/t28-,29-/m0/s1. The summed E-state index contributed by atoms with van der Waals surface area (Å²) in [6, 6.07) is 24.3. The van der Waals surface area contributed by atoms with Gasteiger partial charge in [0.15, 0.2) is 5.11 Å². The lowest BCUT2D eigenvalue weighted by molar-refractivity contribution is -0.116. The minimum Gasteiger partial charge on any atom is -0.495 e. The Morgan fingerprint density at radius 1 is 1.08 bits per heavy atom. The molecule has 1 aliphatic rings. The average molecular weight is 543 g/mol. The van der Waals surface area contributed by atoms with Gasteiger partial charge in [-0.3, -0.25) is 9.78 Å². The molecule has 0 aliphatic carbocycles. The molecule has 9 heteroatoms. The number of para-hydroxylation sites is 2. The summed E-state index contributed by atoms with van der Waals surface area (Å²) in [5.41, 5.74) is 2.40. The molecule has 39 heavy (non-hydrogen) atoms. The van der Waals surface area contributed by atoms with E-state index in [9.17, 15) is 4.79 Å². The molecule has 0 bridgehead atoms. The van der Waals surface area contributed by atoms with Crippen molar-refractivity contribution < 1.29 is 18.7 Å². The lowest BCUT2D eigenvalue weighted by Gasteiger charge is -2.26. The van der Waals surface area contributed by atoms with E-state index in [0.29, 0.717) is 29.7 Å². The Morgan fingerprint density at radius 2 is 1.87 bits per heavy atom. The largest absolute Gasteiger partial charge is 0.495 e. The molecule has 1 saturated heterocycles. The van der Waals surface area contributed by atoms with Crippen LogP contribution in [0.1, 0.15) is 36.9 Å². The number of aromatic nitrogens is 1. The molecule has 1 amide bonds. The number of hydrogen-bond acceptors (Lipinski definition) is 6. The second kappa shape index (κ2) is 12.0. The number of anilines is 1. The van der Waals surface area contributed by atoms with Crippen molar-refractivity contribution in [2.75, 3.05) is 25.6 Å². The molecule has 2 atom stereocenters. The number of amides is 1. The zero-order valence-corrected chi connectivity index (χ0v) is 22.6. The molecular formula is C30H30N4O4S. The highest BCUT2D eigenvalue weighted by Gasteiger charge is 2.41. The number of carbonyl (C=O) groups is 1.